The SMILES string of the molecule is O=C(CCCNC(=O)C1CCCN1C(=O)c1cc(Cl)cc(Cl)c1)Nc1ccc(Cl)cc1. The molecule has 3 rings (SSSR count). The first-order chi connectivity index (χ1) is 14.8. The molecule has 1 atom stereocenters. The number of benzene rings is 2. The molecule has 0 aliphatic carbocycles. The molecule has 1 unspecified atom stereocenters. The number of amides is 3. The van der Waals surface area contributed by atoms with Gasteiger partial charge in [-0.25, -0.2) is 0 Å². The zero-order valence-corrected chi connectivity index (χ0v) is 18.9. The Labute approximate surface area is 195 Å². The Morgan fingerprint density at radius 3 is 2.32 bits per heavy atom. The summed E-state index contributed by atoms with van der Waals surface area (Å²) in [5.41, 5.74) is 1.02. The maximum absolute atomic E-state index is 12.8. The lowest BCUT2D eigenvalue weighted by Crippen LogP contribution is -2.46. The molecule has 1 saturated heterocycles. The van der Waals surface area contributed by atoms with Crippen LogP contribution in [0, 0.1) is 0 Å². The van der Waals surface area contributed by atoms with Gasteiger partial charge in [-0.2, -0.15) is 0 Å². The molecule has 164 valence electrons. The molecule has 0 saturated carbocycles. The van der Waals surface area contributed by atoms with Gasteiger partial charge in [0.15, 0.2) is 0 Å². The lowest BCUT2D eigenvalue weighted by Gasteiger charge is -2.24. The number of carbonyl (C=O) groups is 3. The summed E-state index contributed by atoms with van der Waals surface area (Å²) in [7, 11) is 0. The maximum Gasteiger partial charge on any atom is 0.254 e. The maximum atomic E-state index is 12.8. The van der Waals surface area contributed by atoms with Gasteiger partial charge in [-0.1, -0.05) is 34.8 Å². The number of hydrogen-bond acceptors (Lipinski definition) is 3. The first-order valence-corrected chi connectivity index (χ1v) is 11.1. The average molecular weight is 483 g/mol. The van der Waals surface area contributed by atoms with E-state index in [1.54, 1.807) is 47.4 Å². The van der Waals surface area contributed by atoms with Gasteiger partial charge in [0.1, 0.15) is 6.04 Å². The van der Waals surface area contributed by atoms with Crippen LogP contribution in [-0.2, 0) is 9.59 Å². The van der Waals surface area contributed by atoms with E-state index in [-0.39, 0.29) is 24.1 Å². The highest BCUT2D eigenvalue weighted by molar-refractivity contribution is 6.35. The van der Waals surface area contributed by atoms with Crippen molar-refractivity contribution in [1.82, 2.24) is 10.2 Å². The summed E-state index contributed by atoms with van der Waals surface area (Å²) in [6.45, 7) is 0.832. The zero-order chi connectivity index (χ0) is 22.4. The third-order valence-corrected chi connectivity index (χ3v) is 5.62. The van der Waals surface area contributed by atoms with E-state index in [2.05, 4.69) is 10.6 Å². The molecule has 2 aromatic rings. The van der Waals surface area contributed by atoms with E-state index in [9.17, 15) is 14.4 Å². The van der Waals surface area contributed by atoms with E-state index in [1.807, 2.05) is 0 Å². The molecule has 6 nitrogen and oxygen atoms in total. The van der Waals surface area contributed by atoms with Crippen LogP contribution < -0.4 is 10.6 Å². The van der Waals surface area contributed by atoms with Gasteiger partial charge in [-0.3, -0.25) is 14.4 Å². The fourth-order valence-corrected chi connectivity index (χ4v) is 4.11. The quantitative estimate of drug-likeness (QED) is 0.557. The summed E-state index contributed by atoms with van der Waals surface area (Å²) in [6.07, 6.45) is 2.07. The predicted octanol–water partition coefficient (Wildman–Crippen LogP) is 4.79. The van der Waals surface area contributed by atoms with Crippen LogP contribution in [0.5, 0.6) is 0 Å². The molecular weight excluding hydrogens is 461 g/mol. The first kappa shape index (κ1) is 23.4. The molecule has 3 amide bonds. The molecule has 2 aromatic carbocycles. The average Bonchev–Trinajstić information content (AvgIpc) is 3.21. The van der Waals surface area contributed by atoms with Crippen LogP contribution in [0.25, 0.3) is 0 Å². The molecule has 1 aliphatic rings. The van der Waals surface area contributed by atoms with Crippen LogP contribution in [0.15, 0.2) is 42.5 Å². The van der Waals surface area contributed by atoms with Crippen molar-refractivity contribution in [2.24, 2.45) is 0 Å². The van der Waals surface area contributed by atoms with Crippen molar-refractivity contribution in [3.8, 4) is 0 Å². The minimum atomic E-state index is -0.548. The number of halogens is 3. The van der Waals surface area contributed by atoms with E-state index >= 15 is 0 Å². The second-order valence-corrected chi connectivity index (χ2v) is 8.57. The van der Waals surface area contributed by atoms with Gasteiger partial charge in [0, 0.05) is 45.8 Å². The first-order valence-electron chi connectivity index (χ1n) is 9.93. The number of rotatable bonds is 7. The summed E-state index contributed by atoms with van der Waals surface area (Å²) >= 11 is 17.8. The molecule has 0 spiro atoms. The third kappa shape index (κ3) is 6.60. The highest BCUT2D eigenvalue weighted by Crippen LogP contribution is 2.24. The molecular formula is C22H22Cl3N3O3. The summed E-state index contributed by atoms with van der Waals surface area (Å²) in [4.78, 5) is 39.0. The minimum Gasteiger partial charge on any atom is -0.354 e. The Morgan fingerprint density at radius 1 is 0.968 bits per heavy atom. The monoisotopic (exact) mass is 481 g/mol. The van der Waals surface area contributed by atoms with E-state index in [1.165, 1.54) is 0 Å². The van der Waals surface area contributed by atoms with Crippen LogP contribution >= 0.6 is 34.8 Å². The molecule has 31 heavy (non-hydrogen) atoms. The van der Waals surface area contributed by atoms with E-state index in [0.717, 1.165) is 6.42 Å². The number of anilines is 1. The van der Waals surface area contributed by atoms with Crippen LogP contribution in [0.3, 0.4) is 0 Å². The Balaban J connectivity index is 1.46. The van der Waals surface area contributed by atoms with Gasteiger partial charge in [0.25, 0.3) is 5.91 Å². The van der Waals surface area contributed by atoms with Crippen molar-refractivity contribution in [2.75, 3.05) is 18.4 Å². The molecule has 0 radical (unpaired) electrons. The Kier molecular flexibility index (Phi) is 8.18. The second kappa shape index (κ2) is 10.8. The molecule has 0 bridgehead atoms. The van der Waals surface area contributed by atoms with Gasteiger partial charge < -0.3 is 15.5 Å². The largest absolute Gasteiger partial charge is 0.354 e. The van der Waals surface area contributed by atoms with E-state index < -0.39 is 6.04 Å². The second-order valence-electron chi connectivity index (χ2n) is 7.26. The number of nitrogens with zero attached hydrogens (tertiary/aromatic N) is 1. The van der Waals surface area contributed by atoms with E-state index in [4.69, 9.17) is 34.8 Å². The van der Waals surface area contributed by atoms with Crippen molar-refractivity contribution in [3.05, 3.63) is 63.1 Å². The summed E-state index contributed by atoms with van der Waals surface area (Å²) in [5, 5.41) is 6.94. The number of hydrogen-bond donors (Lipinski definition) is 2. The molecule has 1 heterocycles. The summed E-state index contributed by atoms with van der Waals surface area (Å²) < 4.78 is 0. The predicted molar refractivity (Wildman–Crippen MR) is 123 cm³/mol. The highest BCUT2D eigenvalue weighted by atomic mass is 35.5. The van der Waals surface area contributed by atoms with Gasteiger partial charge >= 0.3 is 0 Å². The van der Waals surface area contributed by atoms with Crippen molar-refractivity contribution in [2.45, 2.75) is 31.7 Å². The molecule has 9 heteroatoms. The number of nitrogens with one attached hydrogen (secondary N) is 2. The fourth-order valence-electron chi connectivity index (χ4n) is 3.46. The van der Waals surface area contributed by atoms with Crippen LogP contribution in [0.1, 0.15) is 36.0 Å². The van der Waals surface area contributed by atoms with E-state index in [0.29, 0.717) is 52.2 Å². The standard InChI is InChI=1S/C22H22Cl3N3O3/c23-15-5-7-18(8-6-15)27-20(29)4-1-9-26-21(30)19-3-2-10-28(19)22(31)14-11-16(24)13-17(25)12-14/h5-8,11-13,19H,1-4,9-10H2,(H,26,30)(H,27,29). The number of likely N-dealkylation sites (tertiary alicyclic amines) is 1. The third-order valence-electron chi connectivity index (χ3n) is 4.93. The molecule has 2 N–H and O–H groups in total. The summed E-state index contributed by atoms with van der Waals surface area (Å²) in [5.74, 6) is -0.645. The normalized spacial score (nSPS) is 15.6. The minimum absolute atomic E-state index is 0.146. The Hall–Kier alpha value is -2.28. The van der Waals surface area contributed by atoms with Gasteiger partial charge in [-0.05, 0) is 61.7 Å². The van der Waals surface area contributed by atoms with Crippen molar-refractivity contribution < 1.29 is 14.4 Å². The molecule has 1 fully saturated rings. The lowest BCUT2D eigenvalue weighted by molar-refractivity contribution is -0.125. The van der Waals surface area contributed by atoms with Crippen LogP contribution in [-0.4, -0.2) is 41.8 Å². The topological polar surface area (TPSA) is 78.5 Å². The van der Waals surface area contributed by atoms with Gasteiger partial charge in [0.2, 0.25) is 11.8 Å². The van der Waals surface area contributed by atoms with Crippen molar-refractivity contribution in [1.29, 1.82) is 0 Å². The molecule has 1 aliphatic heterocycles. The Morgan fingerprint density at radius 2 is 1.65 bits per heavy atom. The summed E-state index contributed by atoms with van der Waals surface area (Å²) in [6, 6.07) is 10.9. The fraction of sp³-hybridized carbons (Fsp3) is 0.318. The number of carbonyl (C=O) groups excluding carboxylic acids is 3. The highest BCUT2D eigenvalue weighted by Gasteiger charge is 2.34. The van der Waals surface area contributed by atoms with Crippen LogP contribution in [0.4, 0.5) is 5.69 Å². The lowest BCUT2D eigenvalue weighted by atomic mass is 10.1. The van der Waals surface area contributed by atoms with Crippen molar-refractivity contribution in [3.63, 3.8) is 0 Å². The van der Waals surface area contributed by atoms with Gasteiger partial charge in [0.05, 0.1) is 0 Å². The van der Waals surface area contributed by atoms with Crippen molar-refractivity contribution >= 4 is 58.2 Å². The van der Waals surface area contributed by atoms with Gasteiger partial charge in [-0.15, -0.1) is 0 Å². The smallest absolute Gasteiger partial charge is 0.254 e. The Bertz CT molecular complexity index is 946. The van der Waals surface area contributed by atoms with Crippen LogP contribution in [0.2, 0.25) is 15.1 Å². The zero-order valence-electron chi connectivity index (χ0n) is 16.7. The molecule has 0 aromatic heterocycles.